The lowest BCUT2D eigenvalue weighted by Crippen LogP contribution is -2.35. The number of benzene rings is 1. The molecule has 0 saturated carbocycles. The summed E-state index contributed by atoms with van der Waals surface area (Å²) in [6, 6.07) is 8.95. The largest absolute Gasteiger partial charge is 0.479 e. The SMILES string of the molecule is Cc1nn(C)c(C)c1NC(=O)[C@H](C)OC(=O)[C@@H](C)Oc1ccccc1. The van der Waals surface area contributed by atoms with E-state index in [1.165, 1.54) is 6.92 Å². The Balaban J connectivity index is 1.92. The van der Waals surface area contributed by atoms with Crippen molar-refractivity contribution >= 4 is 17.6 Å². The highest BCUT2D eigenvalue weighted by atomic mass is 16.6. The molecule has 1 heterocycles. The lowest BCUT2D eigenvalue weighted by atomic mass is 10.3. The van der Waals surface area contributed by atoms with E-state index in [0.717, 1.165) is 5.69 Å². The molecule has 25 heavy (non-hydrogen) atoms. The minimum Gasteiger partial charge on any atom is -0.479 e. The van der Waals surface area contributed by atoms with Gasteiger partial charge in [-0.1, -0.05) is 18.2 Å². The van der Waals surface area contributed by atoms with Crippen molar-refractivity contribution in [3.8, 4) is 5.75 Å². The van der Waals surface area contributed by atoms with Gasteiger partial charge in [0.05, 0.1) is 17.1 Å². The van der Waals surface area contributed by atoms with Crippen LogP contribution < -0.4 is 10.1 Å². The van der Waals surface area contributed by atoms with Gasteiger partial charge < -0.3 is 14.8 Å². The molecule has 7 nitrogen and oxygen atoms in total. The van der Waals surface area contributed by atoms with E-state index in [4.69, 9.17) is 9.47 Å². The Kier molecular flexibility index (Phi) is 5.80. The zero-order chi connectivity index (χ0) is 18.6. The lowest BCUT2D eigenvalue weighted by Gasteiger charge is -2.18. The zero-order valence-corrected chi connectivity index (χ0v) is 15.1. The molecule has 0 radical (unpaired) electrons. The molecule has 1 aromatic carbocycles. The molecule has 0 saturated heterocycles. The molecule has 7 heteroatoms. The summed E-state index contributed by atoms with van der Waals surface area (Å²) in [7, 11) is 1.80. The van der Waals surface area contributed by atoms with Crippen molar-refractivity contribution in [2.75, 3.05) is 5.32 Å². The third-order valence-corrected chi connectivity index (χ3v) is 3.81. The number of esters is 1. The van der Waals surface area contributed by atoms with Crippen LogP contribution in [-0.4, -0.2) is 33.9 Å². The van der Waals surface area contributed by atoms with Crippen molar-refractivity contribution in [3.63, 3.8) is 0 Å². The highest BCUT2D eigenvalue weighted by Gasteiger charge is 2.24. The normalized spacial score (nSPS) is 13.0. The number of anilines is 1. The van der Waals surface area contributed by atoms with Crippen LogP contribution in [0.3, 0.4) is 0 Å². The van der Waals surface area contributed by atoms with Crippen LogP contribution >= 0.6 is 0 Å². The highest BCUT2D eigenvalue weighted by Crippen LogP contribution is 2.19. The van der Waals surface area contributed by atoms with E-state index in [0.29, 0.717) is 17.1 Å². The van der Waals surface area contributed by atoms with Crippen LogP contribution in [0.1, 0.15) is 25.2 Å². The molecule has 1 aromatic heterocycles. The zero-order valence-electron chi connectivity index (χ0n) is 15.1. The average Bonchev–Trinajstić information content (AvgIpc) is 2.81. The number of rotatable bonds is 6. The van der Waals surface area contributed by atoms with Crippen molar-refractivity contribution < 1.29 is 19.1 Å². The summed E-state index contributed by atoms with van der Waals surface area (Å²) in [6.45, 7) is 6.75. The van der Waals surface area contributed by atoms with Gasteiger partial charge in [0.25, 0.3) is 5.91 Å². The van der Waals surface area contributed by atoms with Crippen molar-refractivity contribution in [2.24, 2.45) is 7.05 Å². The molecule has 1 N–H and O–H groups in total. The third-order valence-electron chi connectivity index (χ3n) is 3.81. The standard InChI is InChI=1S/C18H23N3O4/c1-11-16(12(2)21(5)20-11)19-17(22)13(3)25-18(23)14(4)24-15-9-7-6-8-10-15/h6-10,13-14H,1-5H3,(H,19,22)/t13-,14+/m0/s1. The first-order valence-electron chi connectivity index (χ1n) is 8.03. The minimum absolute atomic E-state index is 0.417. The van der Waals surface area contributed by atoms with Crippen LogP contribution in [0, 0.1) is 13.8 Å². The van der Waals surface area contributed by atoms with Gasteiger partial charge in [-0.2, -0.15) is 5.10 Å². The smallest absolute Gasteiger partial charge is 0.347 e. The number of hydrogen-bond donors (Lipinski definition) is 1. The van der Waals surface area contributed by atoms with Crippen LogP contribution in [0.25, 0.3) is 0 Å². The molecular formula is C18H23N3O4. The van der Waals surface area contributed by atoms with Crippen molar-refractivity contribution in [2.45, 2.75) is 39.9 Å². The predicted molar refractivity (Wildman–Crippen MR) is 93.4 cm³/mol. The first kappa shape index (κ1) is 18.5. The molecule has 0 bridgehead atoms. The molecule has 0 fully saturated rings. The van der Waals surface area contributed by atoms with E-state index < -0.39 is 24.1 Å². The van der Waals surface area contributed by atoms with E-state index in [1.807, 2.05) is 25.1 Å². The molecule has 134 valence electrons. The molecule has 0 spiro atoms. The number of nitrogens with one attached hydrogen (secondary N) is 1. The maximum atomic E-state index is 12.3. The summed E-state index contributed by atoms with van der Waals surface area (Å²) in [5.41, 5.74) is 2.15. The lowest BCUT2D eigenvalue weighted by molar-refractivity contribution is -0.159. The van der Waals surface area contributed by atoms with Gasteiger partial charge in [-0.05, 0) is 39.8 Å². The van der Waals surface area contributed by atoms with E-state index >= 15 is 0 Å². The van der Waals surface area contributed by atoms with Gasteiger partial charge in [-0.3, -0.25) is 9.48 Å². The van der Waals surface area contributed by atoms with E-state index in [1.54, 1.807) is 37.7 Å². The minimum atomic E-state index is -0.951. The number of aryl methyl sites for hydroxylation is 2. The maximum Gasteiger partial charge on any atom is 0.347 e. The van der Waals surface area contributed by atoms with Crippen LogP contribution in [-0.2, 0) is 21.4 Å². The monoisotopic (exact) mass is 345 g/mol. The molecule has 1 amide bonds. The first-order chi connectivity index (χ1) is 11.8. The second kappa shape index (κ2) is 7.83. The fourth-order valence-electron chi connectivity index (χ4n) is 2.25. The fourth-order valence-corrected chi connectivity index (χ4v) is 2.25. The Hall–Kier alpha value is -2.83. The Bertz CT molecular complexity index is 755. The van der Waals surface area contributed by atoms with Crippen LogP contribution in [0.2, 0.25) is 0 Å². The molecule has 0 aliphatic carbocycles. The van der Waals surface area contributed by atoms with Gasteiger partial charge in [-0.25, -0.2) is 4.79 Å². The maximum absolute atomic E-state index is 12.3. The molecule has 0 aliphatic rings. The van der Waals surface area contributed by atoms with Crippen molar-refractivity contribution in [1.29, 1.82) is 0 Å². The Morgan fingerprint density at radius 3 is 2.32 bits per heavy atom. The van der Waals surface area contributed by atoms with Crippen molar-refractivity contribution in [3.05, 3.63) is 41.7 Å². The summed E-state index contributed by atoms with van der Waals surface area (Å²) in [5, 5.41) is 6.99. The van der Waals surface area contributed by atoms with Gasteiger partial charge in [0, 0.05) is 7.05 Å². The number of nitrogens with zero attached hydrogens (tertiary/aromatic N) is 2. The van der Waals surface area contributed by atoms with E-state index in [9.17, 15) is 9.59 Å². The number of hydrogen-bond acceptors (Lipinski definition) is 5. The Labute approximate surface area is 146 Å². The summed E-state index contributed by atoms with van der Waals surface area (Å²) in [5.74, 6) is -0.462. The van der Waals surface area contributed by atoms with Crippen LogP contribution in [0.4, 0.5) is 5.69 Å². The number of aromatic nitrogens is 2. The van der Waals surface area contributed by atoms with E-state index in [2.05, 4.69) is 10.4 Å². The summed E-state index contributed by atoms with van der Waals surface area (Å²) < 4.78 is 12.4. The molecular weight excluding hydrogens is 322 g/mol. The number of ether oxygens (including phenoxy) is 2. The molecule has 2 rings (SSSR count). The number of carbonyl (C=O) groups excluding carboxylic acids is 2. The predicted octanol–water partition coefficient (Wildman–Crippen LogP) is 2.37. The van der Waals surface area contributed by atoms with Gasteiger partial charge in [-0.15, -0.1) is 0 Å². The quantitative estimate of drug-likeness (QED) is 0.813. The second-order valence-corrected chi connectivity index (χ2v) is 5.81. The van der Waals surface area contributed by atoms with Crippen LogP contribution in [0.15, 0.2) is 30.3 Å². The fraction of sp³-hybridized carbons (Fsp3) is 0.389. The number of amides is 1. The molecule has 2 aromatic rings. The number of para-hydroxylation sites is 1. The second-order valence-electron chi connectivity index (χ2n) is 5.81. The van der Waals surface area contributed by atoms with Gasteiger partial charge in [0.1, 0.15) is 5.75 Å². The van der Waals surface area contributed by atoms with Crippen LogP contribution in [0.5, 0.6) is 5.75 Å². The van der Waals surface area contributed by atoms with E-state index in [-0.39, 0.29) is 0 Å². The molecule has 2 atom stereocenters. The summed E-state index contributed by atoms with van der Waals surface area (Å²) in [6.07, 6.45) is -1.77. The average molecular weight is 345 g/mol. The third kappa shape index (κ3) is 4.59. The summed E-state index contributed by atoms with van der Waals surface area (Å²) >= 11 is 0. The Morgan fingerprint density at radius 1 is 1.12 bits per heavy atom. The summed E-state index contributed by atoms with van der Waals surface area (Å²) in [4.78, 5) is 24.4. The number of carbonyl (C=O) groups is 2. The Morgan fingerprint density at radius 2 is 1.76 bits per heavy atom. The molecule has 0 unspecified atom stereocenters. The van der Waals surface area contributed by atoms with Gasteiger partial charge in [0.15, 0.2) is 12.2 Å². The first-order valence-corrected chi connectivity index (χ1v) is 8.03. The van der Waals surface area contributed by atoms with Gasteiger partial charge in [0.2, 0.25) is 0 Å². The van der Waals surface area contributed by atoms with Crippen molar-refractivity contribution in [1.82, 2.24) is 9.78 Å². The molecule has 0 aliphatic heterocycles. The van der Waals surface area contributed by atoms with Gasteiger partial charge >= 0.3 is 5.97 Å². The highest BCUT2D eigenvalue weighted by molar-refractivity contribution is 5.96. The topological polar surface area (TPSA) is 82.5 Å².